The molecule has 0 radical (unpaired) electrons. The second-order valence-corrected chi connectivity index (χ2v) is 4.46. The number of amides is 1. The molecule has 104 valence electrons. The third-order valence-electron chi connectivity index (χ3n) is 2.88. The first-order valence-corrected chi connectivity index (χ1v) is 6.10. The monoisotopic (exact) mass is 264 g/mol. The first kappa shape index (κ1) is 15.0. The Bertz CT molecular complexity index is 472. The van der Waals surface area contributed by atoms with Gasteiger partial charge in [0.2, 0.25) is 5.91 Å². The van der Waals surface area contributed by atoms with Crippen LogP contribution in [0.1, 0.15) is 18.1 Å². The van der Waals surface area contributed by atoms with Gasteiger partial charge in [0.25, 0.3) is 0 Å². The molecule has 2 N–H and O–H groups in total. The number of methoxy groups -OCH3 is 1. The van der Waals surface area contributed by atoms with Gasteiger partial charge < -0.3 is 15.4 Å². The van der Waals surface area contributed by atoms with Gasteiger partial charge in [-0.1, -0.05) is 6.07 Å². The van der Waals surface area contributed by atoms with E-state index in [1.165, 1.54) is 25.2 Å². The third-order valence-corrected chi connectivity index (χ3v) is 2.88. The van der Waals surface area contributed by atoms with Gasteiger partial charge in [-0.05, 0) is 37.1 Å². The minimum Gasteiger partial charge on any atom is -0.467 e. The number of carbonyl (C=O) groups is 2. The van der Waals surface area contributed by atoms with Gasteiger partial charge in [-0.2, -0.15) is 0 Å². The molecule has 0 aliphatic heterocycles. The molecular weight excluding hydrogens is 244 g/mol. The highest BCUT2D eigenvalue weighted by molar-refractivity contribution is 5.83. The molecule has 0 saturated heterocycles. The third kappa shape index (κ3) is 4.62. The van der Waals surface area contributed by atoms with E-state index in [9.17, 15) is 9.59 Å². The van der Waals surface area contributed by atoms with Crippen LogP contribution in [0.3, 0.4) is 0 Å². The number of esters is 1. The summed E-state index contributed by atoms with van der Waals surface area (Å²) in [6.07, 6.45) is 0. The van der Waals surface area contributed by atoms with E-state index in [0.717, 1.165) is 5.69 Å². The molecule has 0 aliphatic rings. The summed E-state index contributed by atoms with van der Waals surface area (Å²) in [6, 6.07) is 5.24. The standard InChI is InChI=1S/C14H20N2O3/c1-9-5-6-12(7-10(9)2)15-8-13(14(18)19-4)16-11(3)17/h5-7,13,15H,8H2,1-4H3,(H,16,17). The number of rotatable bonds is 5. The molecule has 0 aliphatic carbocycles. The number of hydrogen-bond acceptors (Lipinski definition) is 4. The number of aryl methyl sites for hydroxylation is 2. The summed E-state index contributed by atoms with van der Waals surface area (Å²) < 4.78 is 4.65. The molecule has 1 atom stereocenters. The van der Waals surface area contributed by atoms with Crippen LogP contribution in [0.5, 0.6) is 0 Å². The molecule has 1 rings (SSSR count). The van der Waals surface area contributed by atoms with Crippen molar-refractivity contribution in [2.75, 3.05) is 19.0 Å². The predicted octanol–water partition coefficient (Wildman–Crippen LogP) is 1.39. The van der Waals surface area contributed by atoms with Gasteiger partial charge in [-0.3, -0.25) is 4.79 Å². The van der Waals surface area contributed by atoms with Crippen LogP contribution in [0.25, 0.3) is 0 Å². The lowest BCUT2D eigenvalue weighted by atomic mass is 10.1. The Morgan fingerprint density at radius 3 is 2.47 bits per heavy atom. The highest BCUT2D eigenvalue weighted by atomic mass is 16.5. The van der Waals surface area contributed by atoms with Gasteiger partial charge in [0.05, 0.1) is 7.11 Å². The number of benzene rings is 1. The van der Waals surface area contributed by atoms with Crippen molar-refractivity contribution in [2.45, 2.75) is 26.8 Å². The van der Waals surface area contributed by atoms with E-state index in [4.69, 9.17) is 0 Å². The average molecular weight is 264 g/mol. The van der Waals surface area contributed by atoms with Gasteiger partial charge in [0.1, 0.15) is 6.04 Å². The Morgan fingerprint density at radius 1 is 1.26 bits per heavy atom. The van der Waals surface area contributed by atoms with Gasteiger partial charge in [0, 0.05) is 19.2 Å². The van der Waals surface area contributed by atoms with Crippen LogP contribution >= 0.6 is 0 Å². The number of anilines is 1. The summed E-state index contributed by atoms with van der Waals surface area (Å²) in [5, 5.41) is 5.67. The summed E-state index contributed by atoms with van der Waals surface area (Å²) in [5.74, 6) is -0.733. The van der Waals surface area contributed by atoms with Crippen LogP contribution < -0.4 is 10.6 Å². The Hall–Kier alpha value is -2.04. The fourth-order valence-corrected chi connectivity index (χ4v) is 1.65. The molecule has 19 heavy (non-hydrogen) atoms. The molecule has 5 heteroatoms. The van der Waals surface area contributed by atoms with E-state index in [0.29, 0.717) is 0 Å². The van der Waals surface area contributed by atoms with E-state index in [1.54, 1.807) is 0 Å². The van der Waals surface area contributed by atoms with Crippen molar-refractivity contribution in [3.8, 4) is 0 Å². The first-order valence-electron chi connectivity index (χ1n) is 6.10. The summed E-state index contributed by atoms with van der Waals surface area (Å²) in [7, 11) is 1.30. The fourth-order valence-electron chi connectivity index (χ4n) is 1.65. The van der Waals surface area contributed by atoms with Crippen molar-refractivity contribution in [3.63, 3.8) is 0 Å². The fraction of sp³-hybridized carbons (Fsp3) is 0.429. The smallest absolute Gasteiger partial charge is 0.330 e. The lowest BCUT2D eigenvalue weighted by Gasteiger charge is -2.17. The minimum atomic E-state index is -0.691. The largest absolute Gasteiger partial charge is 0.467 e. The molecular formula is C14H20N2O3. The molecule has 1 aromatic carbocycles. The topological polar surface area (TPSA) is 67.4 Å². The maximum atomic E-state index is 11.5. The maximum absolute atomic E-state index is 11.5. The van der Waals surface area contributed by atoms with Crippen LogP contribution in [0.15, 0.2) is 18.2 Å². The zero-order chi connectivity index (χ0) is 14.4. The molecule has 0 saturated carbocycles. The molecule has 1 aromatic rings. The number of ether oxygens (including phenoxy) is 1. The van der Waals surface area contributed by atoms with Gasteiger partial charge >= 0.3 is 5.97 Å². The Morgan fingerprint density at radius 2 is 1.95 bits per heavy atom. The summed E-state index contributed by atoms with van der Waals surface area (Å²) in [6.45, 7) is 5.71. The molecule has 1 unspecified atom stereocenters. The quantitative estimate of drug-likeness (QED) is 0.789. The predicted molar refractivity (Wildman–Crippen MR) is 74.0 cm³/mol. The highest BCUT2D eigenvalue weighted by Crippen LogP contribution is 2.14. The van der Waals surface area contributed by atoms with Crippen molar-refractivity contribution >= 4 is 17.6 Å². The van der Waals surface area contributed by atoms with Crippen molar-refractivity contribution in [1.82, 2.24) is 5.32 Å². The van der Waals surface area contributed by atoms with E-state index in [1.807, 2.05) is 32.0 Å². The van der Waals surface area contributed by atoms with Crippen molar-refractivity contribution < 1.29 is 14.3 Å². The van der Waals surface area contributed by atoms with Gasteiger partial charge in [-0.25, -0.2) is 4.79 Å². The van der Waals surface area contributed by atoms with Crippen LogP contribution in [-0.4, -0.2) is 31.6 Å². The van der Waals surface area contributed by atoms with Gasteiger partial charge in [-0.15, -0.1) is 0 Å². The van der Waals surface area contributed by atoms with E-state index >= 15 is 0 Å². The van der Waals surface area contributed by atoms with E-state index < -0.39 is 12.0 Å². The van der Waals surface area contributed by atoms with Gasteiger partial charge in [0.15, 0.2) is 0 Å². The zero-order valence-corrected chi connectivity index (χ0v) is 11.7. The Balaban J connectivity index is 2.67. The number of nitrogens with one attached hydrogen (secondary N) is 2. The molecule has 0 heterocycles. The van der Waals surface area contributed by atoms with Crippen LogP contribution in [0, 0.1) is 13.8 Å². The van der Waals surface area contributed by atoms with Crippen LogP contribution in [0.2, 0.25) is 0 Å². The average Bonchev–Trinajstić information content (AvgIpc) is 2.37. The van der Waals surface area contributed by atoms with Crippen molar-refractivity contribution in [3.05, 3.63) is 29.3 Å². The summed E-state index contributed by atoms with van der Waals surface area (Å²) in [4.78, 5) is 22.6. The second kappa shape index (κ2) is 6.78. The van der Waals surface area contributed by atoms with Crippen LogP contribution in [0.4, 0.5) is 5.69 Å². The molecule has 5 nitrogen and oxygen atoms in total. The molecule has 0 aromatic heterocycles. The van der Waals surface area contributed by atoms with E-state index in [2.05, 4.69) is 15.4 Å². The lowest BCUT2D eigenvalue weighted by molar-refractivity contribution is -0.144. The zero-order valence-electron chi connectivity index (χ0n) is 11.7. The van der Waals surface area contributed by atoms with Crippen molar-refractivity contribution in [1.29, 1.82) is 0 Å². The molecule has 1 amide bonds. The molecule has 0 bridgehead atoms. The lowest BCUT2D eigenvalue weighted by Crippen LogP contribution is -2.45. The van der Waals surface area contributed by atoms with Crippen LogP contribution in [-0.2, 0) is 14.3 Å². The molecule has 0 spiro atoms. The summed E-state index contributed by atoms with van der Waals surface area (Å²) in [5.41, 5.74) is 3.28. The SMILES string of the molecule is COC(=O)C(CNc1ccc(C)c(C)c1)NC(C)=O. The maximum Gasteiger partial charge on any atom is 0.330 e. The van der Waals surface area contributed by atoms with Crippen molar-refractivity contribution in [2.24, 2.45) is 0 Å². The highest BCUT2D eigenvalue weighted by Gasteiger charge is 2.19. The van der Waals surface area contributed by atoms with E-state index in [-0.39, 0.29) is 12.5 Å². The number of hydrogen-bond donors (Lipinski definition) is 2. The second-order valence-electron chi connectivity index (χ2n) is 4.46. The summed E-state index contributed by atoms with van der Waals surface area (Å²) >= 11 is 0. The number of carbonyl (C=O) groups excluding carboxylic acids is 2. The first-order chi connectivity index (χ1) is 8.93. The Kier molecular flexibility index (Phi) is 5.36. The normalized spacial score (nSPS) is 11.6. The molecule has 0 fully saturated rings. The Labute approximate surface area is 113 Å². The minimum absolute atomic E-state index is 0.266.